The highest BCUT2D eigenvalue weighted by Gasteiger charge is 2.02. The smallest absolute Gasteiger partial charge is 0.239 e. The topological polar surface area (TPSA) is 41.1 Å². The van der Waals surface area contributed by atoms with E-state index in [2.05, 4.69) is 30.5 Å². The first-order chi connectivity index (χ1) is 9.13. The van der Waals surface area contributed by atoms with Crippen LogP contribution in [0.15, 0.2) is 35.7 Å². The zero-order valence-corrected chi connectivity index (χ0v) is 12.0. The molecule has 2 aromatic rings. The van der Waals surface area contributed by atoms with Crippen molar-refractivity contribution in [1.29, 1.82) is 0 Å². The van der Waals surface area contributed by atoms with E-state index in [1.54, 1.807) is 11.3 Å². The van der Waals surface area contributed by atoms with Gasteiger partial charge in [-0.2, -0.15) is 0 Å². The summed E-state index contributed by atoms with van der Waals surface area (Å²) in [5, 5.41) is 8.05. The van der Waals surface area contributed by atoms with Gasteiger partial charge in [0.25, 0.3) is 0 Å². The summed E-state index contributed by atoms with van der Waals surface area (Å²) >= 11 is 1.65. The van der Waals surface area contributed by atoms with Gasteiger partial charge in [-0.3, -0.25) is 4.79 Å². The maximum atomic E-state index is 11.7. The second kappa shape index (κ2) is 6.38. The molecule has 3 nitrogen and oxygen atoms in total. The number of benzene rings is 1. The third-order valence-electron chi connectivity index (χ3n) is 2.71. The van der Waals surface area contributed by atoms with Crippen LogP contribution < -0.4 is 10.6 Å². The van der Waals surface area contributed by atoms with Crippen LogP contribution in [0.2, 0.25) is 0 Å². The van der Waals surface area contributed by atoms with E-state index in [1.807, 2.05) is 29.6 Å². The highest BCUT2D eigenvalue weighted by Crippen LogP contribution is 2.13. The Morgan fingerprint density at radius 3 is 2.58 bits per heavy atom. The molecule has 0 fully saturated rings. The normalized spacial score (nSPS) is 10.2. The van der Waals surface area contributed by atoms with Crippen LogP contribution in [0.3, 0.4) is 0 Å². The fourth-order valence-electron chi connectivity index (χ4n) is 1.92. The Morgan fingerprint density at radius 1 is 1.21 bits per heavy atom. The summed E-state index contributed by atoms with van der Waals surface area (Å²) in [7, 11) is 0. The van der Waals surface area contributed by atoms with Crippen LogP contribution in [0.1, 0.15) is 16.0 Å². The van der Waals surface area contributed by atoms with Crippen LogP contribution in [-0.2, 0) is 11.3 Å². The van der Waals surface area contributed by atoms with Gasteiger partial charge >= 0.3 is 0 Å². The number of anilines is 1. The molecule has 0 aliphatic carbocycles. The second-order valence-corrected chi connectivity index (χ2v) is 5.62. The molecule has 0 saturated heterocycles. The summed E-state index contributed by atoms with van der Waals surface area (Å²) in [6.45, 7) is 5.00. The number of carbonyl (C=O) groups excluding carboxylic acids is 1. The van der Waals surface area contributed by atoms with E-state index in [-0.39, 0.29) is 5.91 Å². The van der Waals surface area contributed by atoms with E-state index in [1.165, 1.54) is 16.0 Å². The van der Waals surface area contributed by atoms with Gasteiger partial charge in [0.1, 0.15) is 0 Å². The molecule has 100 valence electrons. The molecular formula is C15H18N2OS. The lowest BCUT2D eigenvalue weighted by atomic mass is 10.1. The highest BCUT2D eigenvalue weighted by atomic mass is 32.1. The number of hydrogen-bond donors (Lipinski definition) is 2. The van der Waals surface area contributed by atoms with Crippen LogP contribution in [-0.4, -0.2) is 12.5 Å². The van der Waals surface area contributed by atoms with Crippen molar-refractivity contribution in [3.05, 3.63) is 51.7 Å². The minimum absolute atomic E-state index is 0.00700. The number of aryl methyl sites for hydroxylation is 2. The number of nitrogens with one attached hydrogen (secondary N) is 2. The molecule has 1 aromatic carbocycles. The van der Waals surface area contributed by atoms with Gasteiger partial charge < -0.3 is 10.6 Å². The van der Waals surface area contributed by atoms with Crippen LogP contribution in [0.25, 0.3) is 0 Å². The van der Waals surface area contributed by atoms with Gasteiger partial charge in [-0.15, -0.1) is 11.3 Å². The predicted octanol–water partition coefficient (Wildman–Crippen LogP) is 3.09. The van der Waals surface area contributed by atoms with E-state index < -0.39 is 0 Å². The quantitative estimate of drug-likeness (QED) is 0.879. The Bertz CT molecular complexity index is 529. The van der Waals surface area contributed by atoms with Crippen molar-refractivity contribution in [1.82, 2.24) is 5.32 Å². The molecule has 0 atom stereocenters. The fraction of sp³-hybridized carbons (Fsp3) is 0.267. The SMILES string of the molecule is Cc1cc(C)cc(NCC(=O)NCc2cccs2)c1. The molecular weight excluding hydrogens is 256 g/mol. The molecule has 0 unspecified atom stereocenters. The minimum atomic E-state index is 0.00700. The predicted molar refractivity (Wildman–Crippen MR) is 80.6 cm³/mol. The van der Waals surface area contributed by atoms with Crippen molar-refractivity contribution in [2.45, 2.75) is 20.4 Å². The number of rotatable bonds is 5. The molecule has 0 bridgehead atoms. The van der Waals surface area contributed by atoms with Crippen LogP contribution >= 0.6 is 11.3 Å². The first-order valence-corrected chi connectivity index (χ1v) is 7.13. The third-order valence-corrected chi connectivity index (χ3v) is 3.59. The molecule has 0 aliphatic heterocycles. The van der Waals surface area contributed by atoms with Crippen molar-refractivity contribution in [2.24, 2.45) is 0 Å². The third kappa shape index (κ3) is 4.41. The Morgan fingerprint density at radius 2 is 1.95 bits per heavy atom. The van der Waals surface area contributed by atoms with Crippen LogP contribution in [0, 0.1) is 13.8 Å². The van der Waals surface area contributed by atoms with E-state index in [9.17, 15) is 4.79 Å². The second-order valence-electron chi connectivity index (χ2n) is 4.59. The van der Waals surface area contributed by atoms with Gasteiger partial charge in [-0.05, 0) is 48.6 Å². The summed E-state index contributed by atoms with van der Waals surface area (Å²) < 4.78 is 0. The van der Waals surface area contributed by atoms with E-state index in [0.29, 0.717) is 13.1 Å². The molecule has 0 aliphatic rings. The number of amides is 1. The molecule has 2 rings (SSSR count). The largest absolute Gasteiger partial charge is 0.376 e. The summed E-state index contributed by atoms with van der Waals surface area (Å²) in [6.07, 6.45) is 0. The van der Waals surface area contributed by atoms with Crippen molar-refractivity contribution in [3.63, 3.8) is 0 Å². The highest BCUT2D eigenvalue weighted by molar-refractivity contribution is 7.09. The first-order valence-electron chi connectivity index (χ1n) is 6.25. The van der Waals surface area contributed by atoms with Crippen LogP contribution in [0.5, 0.6) is 0 Å². The fourth-order valence-corrected chi connectivity index (χ4v) is 2.57. The lowest BCUT2D eigenvalue weighted by Gasteiger charge is -2.09. The number of carbonyl (C=O) groups is 1. The summed E-state index contributed by atoms with van der Waals surface area (Å²) in [5.41, 5.74) is 3.38. The average molecular weight is 274 g/mol. The molecule has 0 radical (unpaired) electrons. The van der Waals surface area contributed by atoms with Crippen LogP contribution in [0.4, 0.5) is 5.69 Å². The standard InChI is InChI=1S/C15H18N2OS/c1-11-6-12(2)8-13(7-11)16-10-15(18)17-9-14-4-3-5-19-14/h3-8,16H,9-10H2,1-2H3,(H,17,18). The van der Waals surface area contributed by atoms with Gasteiger partial charge in [-0.1, -0.05) is 12.1 Å². The van der Waals surface area contributed by atoms with Gasteiger partial charge in [0.2, 0.25) is 5.91 Å². The summed E-state index contributed by atoms with van der Waals surface area (Å²) in [5.74, 6) is 0.00700. The molecule has 0 saturated carbocycles. The molecule has 1 heterocycles. The molecule has 19 heavy (non-hydrogen) atoms. The Kier molecular flexibility index (Phi) is 4.58. The van der Waals surface area contributed by atoms with Gasteiger partial charge in [0.15, 0.2) is 0 Å². The average Bonchev–Trinajstić information content (AvgIpc) is 2.86. The Hall–Kier alpha value is -1.81. The Balaban J connectivity index is 1.79. The molecule has 1 aromatic heterocycles. The summed E-state index contributed by atoms with van der Waals surface area (Å²) in [4.78, 5) is 12.9. The lowest BCUT2D eigenvalue weighted by molar-refractivity contribution is -0.119. The van der Waals surface area contributed by atoms with Gasteiger partial charge in [0, 0.05) is 10.6 Å². The van der Waals surface area contributed by atoms with Crippen molar-refractivity contribution in [2.75, 3.05) is 11.9 Å². The Labute approximate surface area is 117 Å². The lowest BCUT2D eigenvalue weighted by Crippen LogP contribution is -2.29. The summed E-state index contributed by atoms with van der Waals surface area (Å²) in [6, 6.07) is 10.2. The minimum Gasteiger partial charge on any atom is -0.376 e. The molecule has 4 heteroatoms. The zero-order valence-electron chi connectivity index (χ0n) is 11.2. The van der Waals surface area contributed by atoms with E-state index in [4.69, 9.17) is 0 Å². The monoisotopic (exact) mass is 274 g/mol. The van der Waals surface area contributed by atoms with E-state index >= 15 is 0 Å². The maximum Gasteiger partial charge on any atom is 0.239 e. The van der Waals surface area contributed by atoms with Crippen molar-refractivity contribution >= 4 is 22.9 Å². The maximum absolute atomic E-state index is 11.7. The van der Waals surface area contributed by atoms with E-state index in [0.717, 1.165) is 5.69 Å². The number of hydrogen-bond acceptors (Lipinski definition) is 3. The van der Waals surface area contributed by atoms with Gasteiger partial charge in [0.05, 0.1) is 13.1 Å². The van der Waals surface area contributed by atoms with Crippen molar-refractivity contribution < 1.29 is 4.79 Å². The zero-order chi connectivity index (χ0) is 13.7. The molecule has 2 N–H and O–H groups in total. The van der Waals surface area contributed by atoms with Crippen molar-refractivity contribution in [3.8, 4) is 0 Å². The molecule has 1 amide bonds. The van der Waals surface area contributed by atoms with Gasteiger partial charge in [-0.25, -0.2) is 0 Å². The number of thiophene rings is 1. The molecule has 0 spiro atoms. The first kappa shape index (κ1) is 13.6.